The van der Waals surface area contributed by atoms with Gasteiger partial charge in [-0.3, -0.25) is 0 Å². The summed E-state index contributed by atoms with van der Waals surface area (Å²) in [6.45, 7) is 1.99. The molecule has 7 nitrogen and oxygen atoms in total. The minimum atomic E-state index is -3.81. The number of nitrogens with one attached hydrogen (secondary N) is 2. The van der Waals surface area contributed by atoms with Gasteiger partial charge in [-0.05, 0) is 25.8 Å². The molecular formula is C11H12ClN3O4S2. The monoisotopic (exact) mass is 349 g/mol. The van der Waals surface area contributed by atoms with E-state index in [0.717, 1.165) is 11.3 Å². The van der Waals surface area contributed by atoms with Crippen LogP contribution in [0.15, 0.2) is 14.7 Å². The van der Waals surface area contributed by atoms with Crippen LogP contribution >= 0.6 is 22.9 Å². The summed E-state index contributed by atoms with van der Waals surface area (Å²) < 4.78 is 33.2. The smallest absolute Gasteiger partial charge is 0.331 e. The second kappa shape index (κ2) is 4.85. The third-order valence-electron chi connectivity index (χ3n) is 3.14. The number of halogens is 1. The van der Waals surface area contributed by atoms with Crippen molar-refractivity contribution >= 4 is 50.6 Å². The van der Waals surface area contributed by atoms with Crippen molar-refractivity contribution in [2.24, 2.45) is 4.40 Å². The molecule has 1 aliphatic carbocycles. The van der Waals surface area contributed by atoms with Gasteiger partial charge in [-0.15, -0.1) is 15.7 Å². The zero-order valence-electron chi connectivity index (χ0n) is 11.0. The molecule has 0 amide bonds. The van der Waals surface area contributed by atoms with Crippen LogP contribution in [0.25, 0.3) is 0 Å². The zero-order valence-corrected chi connectivity index (χ0v) is 13.4. The van der Waals surface area contributed by atoms with E-state index in [2.05, 4.69) is 15.0 Å². The predicted octanol–water partition coefficient (Wildman–Crippen LogP) is 1.56. The van der Waals surface area contributed by atoms with Gasteiger partial charge in [-0.2, -0.15) is 8.42 Å². The van der Waals surface area contributed by atoms with Crippen molar-refractivity contribution in [3.05, 3.63) is 10.4 Å². The van der Waals surface area contributed by atoms with Gasteiger partial charge in [0.05, 0.1) is 16.6 Å². The van der Waals surface area contributed by atoms with Crippen LogP contribution in [-0.4, -0.2) is 32.5 Å². The van der Waals surface area contributed by atoms with Crippen molar-refractivity contribution in [2.45, 2.75) is 29.5 Å². The number of anilines is 1. The van der Waals surface area contributed by atoms with Gasteiger partial charge in [-0.25, -0.2) is 4.79 Å². The van der Waals surface area contributed by atoms with Gasteiger partial charge in [0.1, 0.15) is 5.54 Å². The molecule has 2 N–H and O–H groups in total. The fraction of sp³-hybridized carbons (Fsp3) is 0.455. The topological polar surface area (TPSA) is 96.9 Å². The molecule has 0 radical (unpaired) electrons. The quantitative estimate of drug-likeness (QED) is 0.804. The van der Waals surface area contributed by atoms with Gasteiger partial charge in [-0.1, -0.05) is 11.6 Å². The predicted molar refractivity (Wildman–Crippen MR) is 79.3 cm³/mol. The lowest BCUT2D eigenvalue weighted by Gasteiger charge is -2.21. The van der Waals surface area contributed by atoms with Crippen molar-refractivity contribution in [3.8, 4) is 0 Å². The maximum atomic E-state index is 12.1. The van der Waals surface area contributed by atoms with E-state index in [9.17, 15) is 13.2 Å². The van der Waals surface area contributed by atoms with Crippen LogP contribution < -0.4 is 10.6 Å². The van der Waals surface area contributed by atoms with Gasteiger partial charge >= 0.3 is 5.97 Å². The molecule has 0 aromatic carbocycles. The van der Waals surface area contributed by atoms with E-state index in [1.54, 1.807) is 6.92 Å². The van der Waals surface area contributed by atoms with Gasteiger partial charge < -0.3 is 15.4 Å². The SMILES string of the molecule is CCOC(=O)C1(NC2=NS(=O)(=O)c3sc(Cl)cc3N2)CC1. The Bertz CT molecular complexity index is 737. The average Bonchev–Trinajstić information content (AvgIpc) is 3.05. The summed E-state index contributed by atoms with van der Waals surface area (Å²) in [7, 11) is -3.81. The number of fused-ring (bicyclic) bond motifs is 1. The van der Waals surface area contributed by atoms with E-state index in [-0.39, 0.29) is 16.8 Å². The third kappa shape index (κ3) is 2.60. The Hall–Kier alpha value is -1.32. The molecule has 1 aromatic heterocycles. The number of ether oxygens (including phenoxy) is 1. The minimum Gasteiger partial charge on any atom is -0.464 e. The number of carbonyl (C=O) groups excluding carboxylic acids is 1. The number of sulfonamides is 1. The fourth-order valence-corrected chi connectivity index (χ4v) is 4.65. The van der Waals surface area contributed by atoms with Gasteiger partial charge in [0.15, 0.2) is 4.21 Å². The number of hydrogen-bond donors (Lipinski definition) is 2. The molecule has 21 heavy (non-hydrogen) atoms. The van der Waals surface area contributed by atoms with Crippen LogP contribution in [0, 0.1) is 0 Å². The standard InChI is InChI=1S/C11H12ClN3O4S2/c1-2-19-9(16)11(3-4-11)14-10-13-6-5-7(12)20-8(6)21(17,18)15-10/h5H,2-4H2,1H3,(H2,13,14,15). The highest BCUT2D eigenvalue weighted by Crippen LogP contribution is 2.40. The Balaban J connectivity index is 1.85. The lowest BCUT2D eigenvalue weighted by Crippen LogP contribution is -2.48. The highest BCUT2D eigenvalue weighted by Gasteiger charge is 2.52. The molecule has 10 heteroatoms. The summed E-state index contributed by atoms with van der Waals surface area (Å²) in [5.41, 5.74) is -0.517. The molecule has 1 saturated carbocycles. The Morgan fingerprint density at radius 3 is 2.95 bits per heavy atom. The Morgan fingerprint density at radius 1 is 1.62 bits per heavy atom. The van der Waals surface area contributed by atoms with Crippen LogP contribution in [-0.2, 0) is 19.6 Å². The molecule has 0 atom stereocenters. The van der Waals surface area contributed by atoms with Crippen molar-refractivity contribution in [3.63, 3.8) is 0 Å². The molecule has 2 aliphatic rings. The summed E-state index contributed by atoms with van der Waals surface area (Å²) in [6, 6.07) is 1.51. The van der Waals surface area contributed by atoms with E-state index in [4.69, 9.17) is 16.3 Å². The van der Waals surface area contributed by atoms with Crippen molar-refractivity contribution < 1.29 is 17.9 Å². The third-order valence-corrected chi connectivity index (χ3v) is 6.19. The largest absolute Gasteiger partial charge is 0.464 e. The lowest BCUT2D eigenvalue weighted by molar-refractivity contribution is -0.146. The molecule has 114 valence electrons. The van der Waals surface area contributed by atoms with E-state index in [1.807, 2.05) is 0 Å². The first-order chi connectivity index (χ1) is 9.86. The molecular weight excluding hydrogens is 338 g/mol. The van der Waals surface area contributed by atoms with Crippen LogP contribution in [0.5, 0.6) is 0 Å². The molecule has 0 unspecified atom stereocenters. The molecule has 0 saturated heterocycles. The first kappa shape index (κ1) is 14.6. The van der Waals surface area contributed by atoms with E-state index in [0.29, 0.717) is 22.9 Å². The lowest BCUT2D eigenvalue weighted by atomic mass is 10.3. The van der Waals surface area contributed by atoms with Crippen molar-refractivity contribution in [2.75, 3.05) is 11.9 Å². The summed E-state index contributed by atoms with van der Waals surface area (Å²) in [6.07, 6.45) is 1.15. The molecule has 3 rings (SSSR count). The summed E-state index contributed by atoms with van der Waals surface area (Å²) in [5.74, 6) is -0.386. The molecule has 0 spiro atoms. The van der Waals surface area contributed by atoms with E-state index in [1.165, 1.54) is 6.07 Å². The second-order valence-electron chi connectivity index (χ2n) is 4.72. The van der Waals surface area contributed by atoms with E-state index >= 15 is 0 Å². The highest BCUT2D eigenvalue weighted by atomic mass is 35.5. The Kier molecular flexibility index (Phi) is 3.38. The number of guanidine groups is 1. The summed E-state index contributed by atoms with van der Waals surface area (Å²) in [4.78, 5) is 11.9. The van der Waals surface area contributed by atoms with Crippen LogP contribution in [0.3, 0.4) is 0 Å². The zero-order chi connectivity index (χ0) is 15.3. The van der Waals surface area contributed by atoms with Crippen LogP contribution in [0.2, 0.25) is 4.34 Å². The van der Waals surface area contributed by atoms with Crippen LogP contribution in [0.1, 0.15) is 19.8 Å². The number of rotatable bonds is 3. The maximum Gasteiger partial charge on any atom is 0.331 e. The van der Waals surface area contributed by atoms with Gasteiger partial charge in [0, 0.05) is 0 Å². The summed E-state index contributed by atoms with van der Waals surface area (Å²) >= 11 is 6.77. The van der Waals surface area contributed by atoms with Crippen molar-refractivity contribution in [1.29, 1.82) is 0 Å². The number of hydrogen-bond acceptors (Lipinski definition) is 7. The Labute approximate surface area is 130 Å². The highest BCUT2D eigenvalue weighted by molar-refractivity contribution is 7.92. The first-order valence-electron chi connectivity index (χ1n) is 6.23. The fourth-order valence-electron chi connectivity index (χ4n) is 1.99. The van der Waals surface area contributed by atoms with Gasteiger partial charge in [0.2, 0.25) is 5.96 Å². The molecule has 1 aromatic rings. The Morgan fingerprint density at radius 2 is 2.33 bits per heavy atom. The average molecular weight is 350 g/mol. The first-order valence-corrected chi connectivity index (χ1v) is 8.86. The molecule has 1 aliphatic heterocycles. The number of esters is 1. The van der Waals surface area contributed by atoms with Crippen molar-refractivity contribution in [1.82, 2.24) is 5.32 Å². The summed E-state index contributed by atoms with van der Waals surface area (Å²) in [5, 5.41) is 5.69. The number of carbonyl (C=O) groups is 1. The molecule has 1 fully saturated rings. The second-order valence-corrected chi connectivity index (χ2v) is 8.20. The maximum absolute atomic E-state index is 12.1. The molecule has 2 heterocycles. The number of nitrogens with zero attached hydrogens (tertiary/aromatic N) is 1. The van der Waals surface area contributed by atoms with E-state index < -0.39 is 21.5 Å². The number of thiophene rings is 1. The molecule has 0 bridgehead atoms. The minimum absolute atomic E-state index is 0.0162. The normalized spacial score (nSPS) is 20.8. The van der Waals surface area contributed by atoms with Gasteiger partial charge in [0.25, 0.3) is 10.0 Å². The van der Waals surface area contributed by atoms with Crippen LogP contribution in [0.4, 0.5) is 5.69 Å².